The Labute approximate surface area is 145 Å². The lowest BCUT2D eigenvalue weighted by atomic mass is 9.96. The molecule has 1 unspecified atom stereocenters. The zero-order valence-corrected chi connectivity index (χ0v) is 14.9. The van der Waals surface area contributed by atoms with Crippen LogP contribution in [0.15, 0.2) is 36.4 Å². The van der Waals surface area contributed by atoms with Crippen LogP contribution in [0.25, 0.3) is 10.8 Å². The van der Waals surface area contributed by atoms with Crippen molar-refractivity contribution < 1.29 is 4.74 Å². The van der Waals surface area contributed by atoms with Gasteiger partial charge in [-0.05, 0) is 30.3 Å². The molecule has 0 amide bonds. The standard InChI is InChI=1S/C20H29N3O/c1-3-22-11-13-23(14-12-22)18(15-21)20-17-8-6-5-7-16(17)9-10-19(20)24-4-2/h5-10,18H,3-4,11-15,21H2,1-2H3. The van der Waals surface area contributed by atoms with Crippen LogP contribution in [-0.4, -0.2) is 55.7 Å². The van der Waals surface area contributed by atoms with Crippen LogP contribution in [0.4, 0.5) is 0 Å². The fraction of sp³-hybridized carbons (Fsp3) is 0.500. The van der Waals surface area contributed by atoms with Gasteiger partial charge in [-0.3, -0.25) is 4.90 Å². The molecule has 0 spiro atoms. The van der Waals surface area contributed by atoms with E-state index in [-0.39, 0.29) is 6.04 Å². The summed E-state index contributed by atoms with van der Waals surface area (Å²) in [7, 11) is 0. The smallest absolute Gasteiger partial charge is 0.124 e. The Morgan fingerprint density at radius 2 is 1.79 bits per heavy atom. The zero-order valence-electron chi connectivity index (χ0n) is 14.9. The van der Waals surface area contributed by atoms with Crippen molar-refractivity contribution in [3.8, 4) is 5.75 Å². The first-order chi connectivity index (χ1) is 11.8. The molecular formula is C20H29N3O. The number of hydrogen-bond acceptors (Lipinski definition) is 4. The Morgan fingerprint density at radius 3 is 2.46 bits per heavy atom. The van der Waals surface area contributed by atoms with E-state index in [1.165, 1.54) is 16.3 Å². The van der Waals surface area contributed by atoms with Crippen LogP contribution < -0.4 is 10.5 Å². The zero-order chi connectivity index (χ0) is 16.9. The molecule has 2 aromatic carbocycles. The molecule has 0 radical (unpaired) electrons. The summed E-state index contributed by atoms with van der Waals surface area (Å²) in [6, 6.07) is 13.0. The molecule has 24 heavy (non-hydrogen) atoms. The topological polar surface area (TPSA) is 41.7 Å². The maximum absolute atomic E-state index is 6.25. The lowest BCUT2D eigenvalue weighted by Crippen LogP contribution is -2.48. The highest BCUT2D eigenvalue weighted by Crippen LogP contribution is 2.36. The predicted molar refractivity (Wildman–Crippen MR) is 101 cm³/mol. The molecule has 0 bridgehead atoms. The summed E-state index contributed by atoms with van der Waals surface area (Å²) < 4.78 is 5.97. The Kier molecular flexibility index (Phi) is 5.72. The number of nitrogens with zero attached hydrogens (tertiary/aromatic N) is 2. The van der Waals surface area contributed by atoms with Gasteiger partial charge in [0.1, 0.15) is 5.75 Å². The SMILES string of the molecule is CCOc1ccc2ccccc2c1C(CN)N1CCN(CC)CC1. The number of likely N-dealkylation sites (N-methyl/N-ethyl adjacent to an activating group) is 1. The van der Waals surface area contributed by atoms with Crippen LogP contribution >= 0.6 is 0 Å². The third-order valence-corrected chi connectivity index (χ3v) is 5.08. The van der Waals surface area contributed by atoms with Crippen molar-refractivity contribution >= 4 is 10.8 Å². The number of rotatable bonds is 6. The number of ether oxygens (including phenoxy) is 1. The van der Waals surface area contributed by atoms with Crippen LogP contribution in [0, 0.1) is 0 Å². The molecule has 1 atom stereocenters. The first kappa shape index (κ1) is 17.2. The summed E-state index contributed by atoms with van der Waals surface area (Å²) in [4.78, 5) is 5.02. The molecule has 1 heterocycles. The maximum Gasteiger partial charge on any atom is 0.124 e. The average Bonchev–Trinajstić information content (AvgIpc) is 2.64. The number of nitrogens with two attached hydrogens (primary N) is 1. The highest BCUT2D eigenvalue weighted by Gasteiger charge is 2.27. The van der Waals surface area contributed by atoms with Crippen LogP contribution in [0.3, 0.4) is 0 Å². The van der Waals surface area contributed by atoms with Gasteiger partial charge in [0.15, 0.2) is 0 Å². The summed E-state index contributed by atoms with van der Waals surface area (Å²) >= 11 is 0. The van der Waals surface area contributed by atoms with Crippen molar-refractivity contribution in [2.75, 3.05) is 45.9 Å². The first-order valence-corrected chi connectivity index (χ1v) is 9.09. The number of fused-ring (bicyclic) bond motifs is 1. The molecule has 130 valence electrons. The van der Waals surface area contributed by atoms with Crippen molar-refractivity contribution in [3.05, 3.63) is 42.0 Å². The second-order valence-corrected chi connectivity index (χ2v) is 6.35. The molecule has 2 N–H and O–H groups in total. The molecule has 1 aliphatic heterocycles. The Bertz CT molecular complexity index is 665. The average molecular weight is 327 g/mol. The minimum atomic E-state index is 0.205. The number of hydrogen-bond donors (Lipinski definition) is 1. The lowest BCUT2D eigenvalue weighted by molar-refractivity contribution is 0.101. The van der Waals surface area contributed by atoms with Gasteiger partial charge in [-0.15, -0.1) is 0 Å². The first-order valence-electron chi connectivity index (χ1n) is 9.09. The molecule has 2 aromatic rings. The van der Waals surface area contributed by atoms with Gasteiger partial charge in [0, 0.05) is 38.3 Å². The summed E-state index contributed by atoms with van der Waals surface area (Å²) in [5.41, 5.74) is 7.50. The van der Waals surface area contributed by atoms with E-state index in [0.29, 0.717) is 13.2 Å². The molecule has 3 rings (SSSR count). The van der Waals surface area contributed by atoms with Crippen LogP contribution in [0.5, 0.6) is 5.75 Å². The molecule has 4 heteroatoms. The van der Waals surface area contributed by atoms with Gasteiger partial charge in [-0.25, -0.2) is 0 Å². The van der Waals surface area contributed by atoms with Crippen molar-refractivity contribution in [2.24, 2.45) is 5.73 Å². The van der Waals surface area contributed by atoms with E-state index >= 15 is 0 Å². The normalized spacial score (nSPS) is 18.0. The minimum absolute atomic E-state index is 0.205. The van der Waals surface area contributed by atoms with Crippen molar-refractivity contribution in [1.29, 1.82) is 0 Å². The largest absolute Gasteiger partial charge is 0.494 e. The molecule has 4 nitrogen and oxygen atoms in total. The van der Waals surface area contributed by atoms with Gasteiger partial charge < -0.3 is 15.4 Å². The van der Waals surface area contributed by atoms with Gasteiger partial charge >= 0.3 is 0 Å². The van der Waals surface area contributed by atoms with Crippen LogP contribution in [-0.2, 0) is 0 Å². The summed E-state index contributed by atoms with van der Waals surface area (Å²) in [5, 5.41) is 2.51. The van der Waals surface area contributed by atoms with E-state index in [1.54, 1.807) is 0 Å². The fourth-order valence-electron chi connectivity index (χ4n) is 3.74. The van der Waals surface area contributed by atoms with Gasteiger partial charge in [-0.1, -0.05) is 37.3 Å². The van der Waals surface area contributed by atoms with E-state index < -0.39 is 0 Å². The molecular weight excluding hydrogens is 298 g/mol. The monoisotopic (exact) mass is 327 g/mol. The van der Waals surface area contributed by atoms with Crippen molar-refractivity contribution in [3.63, 3.8) is 0 Å². The third-order valence-electron chi connectivity index (χ3n) is 5.08. The molecule has 0 aromatic heterocycles. The highest BCUT2D eigenvalue weighted by atomic mass is 16.5. The predicted octanol–water partition coefficient (Wildman–Crippen LogP) is 2.88. The molecule has 1 fully saturated rings. The fourth-order valence-corrected chi connectivity index (χ4v) is 3.74. The van der Waals surface area contributed by atoms with Gasteiger partial charge in [0.2, 0.25) is 0 Å². The maximum atomic E-state index is 6.25. The van der Waals surface area contributed by atoms with Crippen LogP contribution in [0.2, 0.25) is 0 Å². The van der Waals surface area contributed by atoms with Gasteiger partial charge in [0.25, 0.3) is 0 Å². The molecule has 0 aliphatic carbocycles. The second-order valence-electron chi connectivity index (χ2n) is 6.35. The Hall–Kier alpha value is -1.62. The number of piperazine rings is 1. The van der Waals surface area contributed by atoms with E-state index in [4.69, 9.17) is 10.5 Å². The summed E-state index contributed by atoms with van der Waals surface area (Å²) in [5.74, 6) is 0.976. The highest BCUT2D eigenvalue weighted by molar-refractivity contribution is 5.88. The van der Waals surface area contributed by atoms with E-state index in [2.05, 4.69) is 53.1 Å². The van der Waals surface area contributed by atoms with E-state index in [0.717, 1.165) is 38.5 Å². The Morgan fingerprint density at radius 1 is 1.04 bits per heavy atom. The van der Waals surface area contributed by atoms with E-state index in [1.807, 2.05) is 6.92 Å². The lowest BCUT2D eigenvalue weighted by Gasteiger charge is -2.39. The quantitative estimate of drug-likeness (QED) is 0.886. The van der Waals surface area contributed by atoms with Crippen LogP contribution in [0.1, 0.15) is 25.5 Å². The third kappa shape index (κ3) is 3.41. The summed E-state index contributed by atoms with van der Waals surface area (Å²) in [6.07, 6.45) is 0. The Balaban J connectivity index is 1.99. The summed E-state index contributed by atoms with van der Waals surface area (Å²) in [6.45, 7) is 11.0. The van der Waals surface area contributed by atoms with Gasteiger partial charge in [-0.2, -0.15) is 0 Å². The minimum Gasteiger partial charge on any atom is -0.494 e. The van der Waals surface area contributed by atoms with Crippen molar-refractivity contribution in [2.45, 2.75) is 19.9 Å². The molecule has 1 saturated heterocycles. The van der Waals surface area contributed by atoms with Crippen molar-refractivity contribution in [1.82, 2.24) is 9.80 Å². The van der Waals surface area contributed by atoms with E-state index in [9.17, 15) is 0 Å². The molecule has 0 saturated carbocycles. The number of benzene rings is 2. The van der Waals surface area contributed by atoms with Gasteiger partial charge in [0.05, 0.1) is 12.6 Å². The second kappa shape index (κ2) is 7.97. The molecule has 1 aliphatic rings.